The lowest BCUT2D eigenvalue weighted by Crippen LogP contribution is -2.43. The fraction of sp³-hybridized carbons (Fsp3) is 0.227. The quantitative estimate of drug-likeness (QED) is 0.614. The molecule has 4 rings (SSSR count). The SMILES string of the molecule is O=C(O)CC1(C(=O)NCc2nc(-c3ccc(Cl)cc3)cs2)Cc2ccccc2C1. The Morgan fingerprint density at radius 3 is 2.38 bits per heavy atom. The number of carboxylic acid groups (broad SMARTS) is 1. The first-order valence-corrected chi connectivity index (χ1v) is 10.5. The van der Waals surface area contributed by atoms with Crippen LogP contribution in [0.5, 0.6) is 0 Å². The number of benzene rings is 2. The summed E-state index contributed by atoms with van der Waals surface area (Å²) in [7, 11) is 0. The average molecular weight is 427 g/mol. The van der Waals surface area contributed by atoms with E-state index in [4.69, 9.17) is 11.6 Å². The maximum Gasteiger partial charge on any atom is 0.304 e. The number of aliphatic carboxylic acids is 1. The van der Waals surface area contributed by atoms with Crippen LogP contribution in [0.3, 0.4) is 0 Å². The third-order valence-corrected chi connectivity index (χ3v) is 6.34. The molecule has 29 heavy (non-hydrogen) atoms. The molecule has 5 nitrogen and oxygen atoms in total. The van der Waals surface area contributed by atoms with E-state index in [1.807, 2.05) is 53.9 Å². The van der Waals surface area contributed by atoms with Crippen LogP contribution in [0.15, 0.2) is 53.9 Å². The van der Waals surface area contributed by atoms with Crippen molar-refractivity contribution in [1.82, 2.24) is 10.3 Å². The molecular weight excluding hydrogens is 408 g/mol. The van der Waals surface area contributed by atoms with E-state index in [9.17, 15) is 14.7 Å². The molecule has 1 amide bonds. The molecular formula is C22H19ClN2O3S. The van der Waals surface area contributed by atoms with E-state index >= 15 is 0 Å². The van der Waals surface area contributed by atoms with Crippen LogP contribution >= 0.6 is 22.9 Å². The minimum Gasteiger partial charge on any atom is -0.481 e. The second-order valence-electron chi connectivity index (χ2n) is 7.29. The zero-order valence-electron chi connectivity index (χ0n) is 15.5. The predicted octanol–water partition coefficient (Wildman–Crippen LogP) is 4.34. The number of carbonyl (C=O) groups is 2. The number of aromatic nitrogens is 1. The topological polar surface area (TPSA) is 79.3 Å². The van der Waals surface area contributed by atoms with Gasteiger partial charge in [-0.15, -0.1) is 11.3 Å². The van der Waals surface area contributed by atoms with E-state index < -0.39 is 11.4 Å². The highest BCUT2D eigenvalue weighted by Gasteiger charge is 2.45. The van der Waals surface area contributed by atoms with E-state index in [0.29, 0.717) is 17.9 Å². The fourth-order valence-corrected chi connectivity index (χ4v) is 4.71. The molecule has 0 bridgehead atoms. The Morgan fingerprint density at radius 2 is 1.76 bits per heavy atom. The number of amides is 1. The highest BCUT2D eigenvalue weighted by molar-refractivity contribution is 7.09. The number of thiazole rings is 1. The van der Waals surface area contributed by atoms with Gasteiger partial charge in [-0.1, -0.05) is 48.0 Å². The normalized spacial score (nSPS) is 14.4. The number of nitrogens with zero attached hydrogens (tertiary/aromatic N) is 1. The number of hydrogen-bond donors (Lipinski definition) is 2. The molecule has 0 unspecified atom stereocenters. The van der Waals surface area contributed by atoms with Gasteiger partial charge in [-0.2, -0.15) is 0 Å². The van der Waals surface area contributed by atoms with Crippen molar-refractivity contribution in [2.75, 3.05) is 0 Å². The summed E-state index contributed by atoms with van der Waals surface area (Å²) in [6, 6.07) is 15.2. The third kappa shape index (κ3) is 4.18. The smallest absolute Gasteiger partial charge is 0.304 e. The zero-order chi connectivity index (χ0) is 20.4. The Bertz CT molecular complexity index is 1040. The van der Waals surface area contributed by atoms with Crippen molar-refractivity contribution in [3.05, 3.63) is 75.1 Å². The summed E-state index contributed by atoms with van der Waals surface area (Å²) in [6.07, 6.45) is 0.686. The number of carbonyl (C=O) groups excluding carboxylic acids is 1. The number of carboxylic acids is 1. The van der Waals surface area contributed by atoms with Crippen molar-refractivity contribution in [3.63, 3.8) is 0 Å². The second-order valence-corrected chi connectivity index (χ2v) is 8.67. The molecule has 0 saturated heterocycles. The van der Waals surface area contributed by atoms with Gasteiger partial charge >= 0.3 is 5.97 Å². The van der Waals surface area contributed by atoms with Crippen LogP contribution in [0.25, 0.3) is 11.3 Å². The fourth-order valence-electron chi connectivity index (χ4n) is 3.84. The molecule has 0 atom stereocenters. The van der Waals surface area contributed by atoms with E-state index in [0.717, 1.165) is 27.4 Å². The lowest BCUT2D eigenvalue weighted by atomic mass is 9.80. The van der Waals surface area contributed by atoms with Gasteiger partial charge in [0.15, 0.2) is 0 Å². The van der Waals surface area contributed by atoms with Crippen LogP contribution in [-0.2, 0) is 29.0 Å². The molecule has 2 aromatic carbocycles. The first kappa shape index (κ1) is 19.6. The standard InChI is InChI=1S/C22H19ClN2O3S/c23-17-7-5-14(6-8-17)18-13-29-19(25-18)12-24-21(28)22(11-20(26)27)9-15-3-1-2-4-16(15)10-22/h1-8,13H,9-12H2,(H,24,28)(H,26,27). The van der Waals surface area contributed by atoms with Crippen molar-refractivity contribution >= 4 is 34.8 Å². The lowest BCUT2D eigenvalue weighted by Gasteiger charge is -2.25. The Balaban J connectivity index is 1.47. The van der Waals surface area contributed by atoms with Crippen LogP contribution in [0, 0.1) is 5.41 Å². The van der Waals surface area contributed by atoms with E-state index in [2.05, 4.69) is 10.3 Å². The Hall–Kier alpha value is -2.70. The maximum absolute atomic E-state index is 13.0. The minimum absolute atomic E-state index is 0.193. The average Bonchev–Trinajstić information content (AvgIpc) is 3.31. The van der Waals surface area contributed by atoms with Gasteiger partial charge in [0.05, 0.1) is 24.1 Å². The summed E-state index contributed by atoms with van der Waals surface area (Å²) in [5, 5.41) is 15.7. The summed E-state index contributed by atoms with van der Waals surface area (Å²) in [5.41, 5.74) is 2.92. The zero-order valence-corrected chi connectivity index (χ0v) is 17.1. The van der Waals surface area contributed by atoms with Crippen molar-refractivity contribution in [1.29, 1.82) is 0 Å². The van der Waals surface area contributed by atoms with Gasteiger partial charge in [-0.25, -0.2) is 4.98 Å². The van der Waals surface area contributed by atoms with Crippen molar-refractivity contribution in [2.24, 2.45) is 5.41 Å². The molecule has 0 fully saturated rings. The van der Waals surface area contributed by atoms with Gasteiger partial charge in [-0.3, -0.25) is 9.59 Å². The van der Waals surface area contributed by atoms with Gasteiger partial charge in [0.1, 0.15) is 5.01 Å². The molecule has 0 aliphatic heterocycles. The summed E-state index contributed by atoms with van der Waals surface area (Å²) in [4.78, 5) is 29.1. The van der Waals surface area contributed by atoms with Gasteiger partial charge < -0.3 is 10.4 Å². The summed E-state index contributed by atoms with van der Waals surface area (Å²) in [6.45, 7) is 0.273. The molecule has 0 spiro atoms. The van der Waals surface area contributed by atoms with Gasteiger partial charge in [0.25, 0.3) is 0 Å². The lowest BCUT2D eigenvalue weighted by molar-refractivity contribution is -0.145. The van der Waals surface area contributed by atoms with E-state index in [1.165, 1.54) is 11.3 Å². The molecule has 3 aromatic rings. The van der Waals surface area contributed by atoms with Gasteiger partial charge in [0, 0.05) is 16.0 Å². The Labute approximate surface area is 177 Å². The van der Waals surface area contributed by atoms with E-state index in [1.54, 1.807) is 0 Å². The number of fused-ring (bicyclic) bond motifs is 1. The first-order valence-electron chi connectivity index (χ1n) is 9.22. The van der Waals surface area contributed by atoms with Crippen LogP contribution in [0.2, 0.25) is 5.02 Å². The molecule has 0 radical (unpaired) electrons. The number of halogens is 1. The van der Waals surface area contributed by atoms with Crippen LogP contribution < -0.4 is 5.32 Å². The second kappa shape index (κ2) is 7.97. The monoisotopic (exact) mass is 426 g/mol. The Morgan fingerprint density at radius 1 is 1.10 bits per heavy atom. The molecule has 1 aliphatic rings. The maximum atomic E-state index is 13.0. The summed E-state index contributed by atoms with van der Waals surface area (Å²) >= 11 is 7.38. The largest absolute Gasteiger partial charge is 0.481 e. The number of nitrogens with one attached hydrogen (secondary N) is 1. The number of rotatable bonds is 6. The van der Waals surface area contributed by atoms with Crippen LogP contribution in [-0.4, -0.2) is 22.0 Å². The third-order valence-electron chi connectivity index (χ3n) is 5.24. The molecule has 1 aliphatic carbocycles. The van der Waals surface area contributed by atoms with Crippen LogP contribution in [0.4, 0.5) is 0 Å². The number of hydrogen-bond acceptors (Lipinski definition) is 4. The van der Waals surface area contributed by atoms with Gasteiger partial charge in [0.2, 0.25) is 5.91 Å². The Kier molecular flexibility index (Phi) is 5.39. The van der Waals surface area contributed by atoms with Crippen LogP contribution in [0.1, 0.15) is 22.6 Å². The van der Waals surface area contributed by atoms with Crippen molar-refractivity contribution < 1.29 is 14.7 Å². The van der Waals surface area contributed by atoms with Crippen molar-refractivity contribution in [3.8, 4) is 11.3 Å². The first-order chi connectivity index (χ1) is 13.9. The molecule has 1 aromatic heterocycles. The minimum atomic E-state index is -0.966. The highest BCUT2D eigenvalue weighted by Crippen LogP contribution is 2.40. The predicted molar refractivity (Wildman–Crippen MR) is 113 cm³/mol. The van der Waals surface area contributed by atoms with E-state index in [-0.39, 0.29) is 18.9 Å². The summed E-state index contributed by atoms with van der Waals surface area (Å²) < 4.78 is 0. The highest BCUT2D eigenvalue weighted by atomic mass is 35.5. The van der Waals surface area contributed by atoms with Gasteiger partial charge in [-0.05, 0) is 36.1 Å². The molecule has 0 saturated carbocycles. The molecule has 148 valence electrons. The molecule has 1 heterocycles. The molecule has 2 N–H and O–H groups in total. The summed E-state index contributed by atoms with van der Waals surface area (Å²) in [5.74, 6) is -1.20. The molecule has 7 heteroatoms. The van der Waals surface area contributed by atoms with Crippen molar-refractivity contribution in [2.45, 2.75) is 25.8 Å².